The lowest BCUT2D eigenvalue weighted by Crippen LogP contribution is -2.22. The van der Waals surface area contributed by atoms with E-state index >= 15 is 0 Å². The van der Waals surface area contributed by atoms with Crippen LogP contribution in [0.5, 0.6) is 0 Å². The van der Waals surface area contributed by atoms with Gasteiger partial charge in [-0.05, 0) is 42.8 Å². The van der Waals surface area contributed by atoms with Crippen LogP contribution >= 0.6 is 11.6 Å². The zero-order valence-electron chi connectivity index (χ0n) is 16.5. The van der Waals surface area contributed by atoms with Crippen LogP contribution in [0.3, 0.4) is 0 Å². The molecule has 1 N–H and O–H groups in total. The monoisotopic (exact) mass is 448 g/mol. The van der Waals surface area contributed by atoms with Gasteiger partial charge >= 0.3 is 0 Å². The zero-order valence-corrected chi connectivity index (χ0v) is 18.1. The van der Waals surface area contributed by atoms with Crippen LogP contribution in [-0.4, -0.2) is 42.9 Å². The molecule has 9 heteroatoms. The smallest absolute Gasteiger partial charge is 0.245 e. The summed E-state index contributed by atoms with van der Waals surface area (Å²) in [6, 6.07) is 13.5. The second-order valence-electron chi connectivity index (χ2n) is 6.86. The van der Waals surface area contributed by atoms with Gasteiger partial charge in [0.15, 0.2) is 21.5 Å². The zero-order chi connectivity index (χ0) is 21.9. The second-order valence-corrected chi connectivity index (χ2v) is 9.31. The maximum atomic E-state index is 11.7. The standard InChI is InChI=1S/C21H21ClN2O5S/c1-24(26)19(25)5-3-4-18-23-20(14-8-12-17(13-9-14)30(2,27)28)21(29-18)15-6-10-16(22)11-7-15/h6-13,26H,3-5H2,1-2H3. The number of benzene rings is 2. The number of amides is 1. The van der Waals surface area contributed by atoms with E-state index in [9.17, 15) is 13.2 Å². The molecule has 1 amide bonds. The molecule has 0 fully saturated rings. The van der Waals surface area contributed by atoms with Gasteiger partial charge in [0.1, 0.15) is 5.69 Å². The Bertz CT molecular complexity index is 1140. The highest BCUT2D eigenvalue weighted by molar-refractivity contribution is 7.90. The summed E-state index contributed by atoms with van der Waals surface area (Å²) in [5.74, 6) is 0.575. The van der Waals surface area contributed by atoms with Crippen molar-refractivity contribution in [3.8, 4) is 22.6 Å². The Balaban J connectivity index is 1.94. The molecule has 7 nitrogen and oxygen atoms in total. The molecule has 0 spiro atoms. The molecule has 30 heavy (non-hydrogen) atoms. The molecular formula is C21H21ClN2O5S. The highest BCUT2D eigenvalue weighted by Crippen LogP contribution is 2.34. The van der Waals surface area contributed by atoms with Crippen LogP contribution in [0.1, 0.15) is 18.7 Å². The lowest BCUT2D eigenvalue weighted by Gasteiger charge is -2.06. The molecule has 0 aliphatic heterocycles. The molecule has 158 valence electrons. The van der Waals surface area contributed by atoms with Crippen molar-refractivity contribution in [3.05, 3.63) is 59.4 Å². The van der Waals surface area contributed by atoms with Gasteiger partial charge in [-0.1, -0.05) is 23.7 Å². The number of nitrogens with zero attached hydrogens (tertiary/aromatic N) is 2. The van der Waals surface area contributed by atoms with E-state index in [2.05, 4.69) is 4.98 Å². The van der Waals surface area contributed by atoms with Gasteiger partial charge in [-0.15, -0.1) is 0 Å². The average molecular weight is 449 g/mol. The van der Waals surface area contributed by atoms with Gasteiger partial charge in [0.2, 0.25) is 5.91 Å². The summed E-state index contributed by atoms with van der Waals surface area (Å²) in [6.45, 7) is 0. The SMILES string of the molecule is CN(O)C(=O)CCCc1nc(-c2ccc(S(C)(=O)=O)cc2)c(-c2ccc(Cl)cc2)o1. The lowest BCUT2D eigenvalue weighted by atomic mass is 10.1. The summed E-state index contributed by atoms with van der Waals surface area (Å²) in [5.41, 5.74) is 2.04. The van der Waals surface area contributed by atoms with Crippen molar-refractivity contribution in [3.63, 3.8) is 0 Å². The first-order valence-electron chi connectivity index (χ1n) is 9.16. The van der Waals surface area contributed by atoms with E-state index in [1.54, 1.807) is 24.3 Å². The minimum Gasteiger partial charge on any atom is -0.440 e. The Morgan fingerprint density at radius 1 is 1.10 bits per heavy atom. The first-order chi connectivity index (χ1) is 14.1. The fourth-order valence-electron chi connectivity index (χ4n) is 2.88. The van der Waals surface area contributed by atoms with Crippen molar-refractivity contribution in [2.24, 2.45) is 0 Å². The maximum absolute atomic E-state index is 11.7. The van der Waals surface area contributed by atoms with Gasteiger partial charge in [-0.25, -0.2) is 18.5 Å². The van der Waals surface area contributed by atoms with Gasteiger partial charge < -0.3 is 4.42 Å². The van der Waals surface area contributed by atoms with E-state index in [1.165, 1.54) is 19.2 Å². The van der Waals surface area contributed by atoms with E-state index in [0.717, 1.165) is 11.8 Å². The normalized spacial score (nSPS) is 11.5. The van der Waals surface area contributed by atoms with Gasteiger partial charge in [0, 0.05) is 42.3 Å². The number of carbonyl (C=O) groups is 1. The summed E-state index contributed by atoms with van der Waals surface area (Å²) in [7, 11) is -2.02. The topological polar surface area (TPSA) is 101 Å². The molecule has 2 aromatic carbocycles. The van der Waals surface area contributed by atoms with E-state index in [-0.39, 0.29) is 11.3 Å². The minimum atomic E-state index is -3.31. The van der Waals surface area contributed by atoms with Crippen molar-refractivity contribution in [2.75, 3.05) is 13.3 Å². The number of hydrogen-bond donors (Lipinski definition) is 1. The van der Waals surface area contributed by atoms with Crippen LogP contribution in [0.4, 0.5) is 0 Å². The van der Waals surface area contributed by atoms with Gasteiger partial charge in [0.05, 0.1) is 4.90 Å². The summed E-state index contributed by atoms with van der Waals surface area (Å²) >= 11 is 5.99. The third-order valence-electron chi connectivity index (χ3n) is 4.48. The average Bonchev–Trinajstić information content (AvgIpc) is 3.12. The Kier molecular flexibility index (Phi) is 6.60. The van der Waals surface area contributed by atoms with Gasteiger partial charge in [-0.3, -0.25) is 10.0 Å². The Hall–Kier alpha value is -2.68. The van der Waals surface area contributed by atoms with Crippen LogP contribution in [0.15, 0.2) is 57.8 Å². The van der Waals surface area contributed by atoms with E-state index < -0.39 is 15.7 Å². The molecule has 0 radical (unpaired) electrons. The van der Waals surface area contributed by atoms with Crippen LogP contribution in [0.25, 0.3) is 22.6 Å². The first kappa shape index (κ1) is 22.0. The minimum absolute atomic E-state index is 0.157. The van der Waals surface area contributed by atoms with E-state index in [4.69, 9.17) is 21.2 Å². The number of rotatable bonds is 7. The van der Waals surface area contributed by atoms with Crippen molar-refractivity contribution < 1.29 is 22.8 Å². The molecule has 0 bridgehead atoms. The number of oxazole rings is 1. The van der Waals surface area contributed by atoms with Crippen LogP contribution in [-0.2, 0) is 21.1 Å². The first-order valence-corrected chi connectivity index (χ1v) is 11.4. The van der Waals surface area contributed by atoms with Crippen molar-refractivity contribution in [2.45, 2.75) is 24.2 Å². The summed E-state index contributed by atoms with van der Waals surface area (Å²) in [6.07, 6.45) is 2.17. The van der Waals surface area contributed by atoms with Crippen LogP contribution < -0.4 is 0 Å². The van der Waals surface area contributed by atoms with Crippen molar-refractivity contribution in [1.29, 1.82) is 0 Å². The summed E-state index contributed by atoms with van der Waals surface area (Å²) in [4.78, 5) is 16.3. The fraction of sp³-hybridized carbons (Fsp3) is 0.238. The predicted molar refractivity (Wildman–Crippen MR) is 113 cm³/mol. The predicted octanol–water partition coefficient (Wildman–Crippen LogP) is 4.24. The summed E-state index contributed by atoms with van der Waals surface area (Å²) < 4.78 is 29.4. The molecule has 1 aromatic heterocycles. The number of aryl methyl sites for hydroxylation is 1. The number of aromatic nitrogens is 1. The molecular weight excluding hydrogens is 428 g/mol. The third kappa shape index (κ3) is 5.27. The Morgan fingerprint density at radius 2 is 1.70 bits per heavy atom. The number of hydrogen-bond acceptors (Lipinski definition) is 6. The molecule has 0 unspecified atom stereocenters. The van der Waals surface area contributed by atoms with Crippen LogP contribution in [0.2, 0.25) is 5.02 Å². The van der Waals surface area contributed by atoms with Crippen molar-refractivity contribution >= 4 is 27.3 Å². The number of hydroxylamine groups is 2. The molecule has 3 rings (SSSR count). The molecule has 1 heterocycles. The quantitative estimate of drug-likeness (QED) is 0.428. The highest BCUT2D eigenvalue weighted by atomic mass is 35.5. The molecule has 0 atom stereocenters. The Labute approximate surface area is 179 Å². The highest BCUT2D eigenvalue weighted by Gasteiger charge is 2.18. The Morgan fingerprint density at radius 3 is 2.27 bits per heavy atom. The number of halogens is 1. The van der Waals surface area contributed by atoms with Crippen LogP contribution in [0, 0.1) is 0 Å². The second kappa shape index (κ2) is 8.99. The van der Waals surface area contributed by atoms with Crippen molar-refractivity contribution in [1.82, 2.24) is 10.0 Å². The molecule has 0 saturated heterocycles. The number of sulfone groups is 1. The third-order valence-corrected chi connectivity index (χ3v) is 5.86. The number of carbonyl (C=O) groups excluding carboxylic acids is 1. The molecule has 0 aliphatic carbocycles. The summed E-state index contributed by atoms with van der Waals surface area (Å²) in [5, 5.41) is 10.3. The van der Waals surface area contributed by atoms with E-state index in [0.29, 0.717) is 45.8 Å². The van der Waals surface area contributed by atoms with Gasteiger partial charge in [0.25, 0.3) is 0 Å². The molecule has 0 saturated carbocycles. The van der Waals surface area contributed by atoms with E-state index in [1.807, 2.05) is 12.1 Å². The maximum Gasteiger partial charge on any atom is 0.245 e. The molecule has 3 aromatic rings. The molecule has 0 aliphatic rings. The van der Waals surface area contributed by atoms with Gasteiger partial charge in [-0.2, -0.15) is 0 Å². The fourth-order valence-corrected chi connectivity index (χ4v) is 3.63. The largest absolute Gasteiger partial charge is 0.440 e. The lowest BCUT2D eigenvalue weighted by molar-refractivity contribution is -0.159.